The second kappa shape index (κ2) is 5.10. The lowest BCUT2D eigenvalue weighted by atomic mass is 9.92. The van der Waals surface area contributed by atoms with Gasteiger partial charge in [-0.1, -0.05) is 60.2 Å². The highest BCUT2D eigenvalue weighted by Crippen LogP contribution is 2.35. The Kier molecular flexibility index (Phi) is 3.05. The summed E-state index contributed by atoms with van der Waals surface area (Å²) < 4.78 is 4.99. The highest BCUT2D eigenvalue weighted by atomic mass is 16.5. The lowest BCUT2D eigenvalue weighted by Gasteiger charge is -2.12. The molecule has 0 aromatic heterocycles. The summed E-state index contributed by atoms with van der Waals surface area (Å²) in [7, 11) is 1.43. The van der Waals surface area contributed by atoms with Gasteiger partial charge in [0.2, 0.25) is 0 Å². The van der Waals surface area contributed by atoms with Crippen LogP contribution in [-0.2, 0) is 4.74 Å². The molecule has 4 aromatic carbocycles. The van der Waals surface area contributed by atoms with Gasteiger partial charge in [0, 0.05) is 0 Å². The summed E-state index contributed by atoms with van der Waals surface area (Å²) in [5.41, 5.74) is 1.82. The van der Waals surface area contributed by atoms with Crippen molar-refractivity contribution < 1.29 is 9.53 Å². The monoisotopic (exact) mass is 300 g/mol. The van der Waals surface area contributed by atoms with E-state index in [1.54, 1.807) is 0 Å². The molecule has 0 saturated carbocycles. The first-order valence-corrected chi connectivity index (χ1v) is 7.62. The van der Waals surface area contributed by atoms with Crippen molar-refractivity contribution in [2.24, 2.45) is 0 Å². The fourth-order valence-electron chi connectivity index (χ4n) is 3.31. The maximum absolute atomic E-state index is 12.3. The van der Waals surface area contributed by atoms with Gasteiger partial charge in [0.05, 0.1) is 12.7 Å². The number of hydrogen-bond donors (Lipinski definition) is 0. The summed E-state index contributed by atoms with van der Waals surface area (Å²) in [5, 5.41) is 6.61. The van der Waals surface area contributed by atoms with E-state index in [0.29, 0.717) is 5.56 Å². The average Bonchev–Trinajstić information content (AvgIpc) is 2.59. The zero-order valence-corrected chi connectivity index (χ0v) is 13.1. The van der Waals surface area contributed by atoms with E-state index < -0.39 is 0 Å². The molecule has 112 valence electrons. The van der Waals surface area contributed by atoms with Crippen molar-refractivity contribution in [2.75, 3.05) is 7.11 Å². The first-order chi connectivity index (χ1) is 11.2. The molecule has 0 saturated heterocycles. The number of esters is 1. The molecule has 0 spiro atoms. The Hall–Kier alpha value is -2.87. The van der Waals surface area contributed by atoms with E-state index in [1.165, 1.54) is 23.4 Å². The Morgan fingerprint density at radius 1 is 0.826 bits per heavy atom. The second-order valence-corrected chi connectivity index (χ2v) is 5.85. The summed E-state index contributed by atoms with van der Waals surface area (Å²) in [6.45, 7) is 2.09. The molecule has 0 fully saturated rings. The van der Waals surface area contributed by atoms with Crippen molar-refractivity contribution in [2.45, 2.75) is 6.92 Å². The highest BCUT2D eigenvalue weighted by Gasteiger charge is 2.15. The van der Waals surface area contributed by atoms with Crippen LogP contribution in [0.15, 0.2) is 60.7 Å². The number of methoxy groups -OCH3 is 1. The van der Waals surface area contributed by atoms with Crippen molar-refractivity contribution >= 4 is 38.3 Å². The molecule has 0 radical (unpaired) electrons. The van der Waals surface area contributed by atoms with Crippen LogP contribution in [0, 0.1) is 6.92 Å². The van der Waals surface area contributed by atoms with E-state index in [1.807, 2.05) is 24.3 Å². The van der Waals surface area contributed by atoms with Gasteiger partial charge in [0.25, 0.3) is 0 Å². The first-order valence-electron chi connectivity index (χ1n) is 7.62. The zero-order chi connectivity index (χ0) is 16.0. The molecular formula is C21H16O2. The molecule has 0 heterocycles. The molecule has 0 amide bonds. The van der Waals surface area contributed by atoms with Crippen LogP contribution in [0.2, 0.25) is 0 Å². The molecule has 0 aliphatic rings. The summed E-state index contributed by atoms with van der Waals surface area (Å²) >= 11 is 0. The number of benzene rings is 4. The quantitative estimate of drug-likeness (QED) is 0.355. The maximum Gasteiger partial charge on any atom is 0.338 e. The fraction of sp³-hybridized carbons (Fsp3) is 0.0952. The molecule has 0 aliphatic carbocycles. The molecule has 2 heteroatoms. The predicted octanol–water partition coefficient (Wildman–Crippen LogP) is 5.24. The minimum atomic E-state index is -0.298. The molecule has 4 rings (SSSR count). The molecule has 2 nitrogen and oxygen atoms in total. The third kappa shape index (κ3) is 2.07. The van der Waals surface area contributed by atoms with E-state index in [0.717, 1.165) is 21.5 Å². The van der Waals surface area contributed by atoms with Gasteiger partial charge >= 0.3 is 5.97 Å². The maximum atomic E-state index is 12.3. The minimum absolute atomic E-state index is 0.298. The van der Waals surface area contributed by atoms with Crippen LogP contribution in [0.3, 0.4) is 0 Å². The summed E-state index contributed by atoms with van der Waals surface area (Å²) in [6, 6.07) is 20.6. The van der Waals surface area contributed by atoms with Crippen molar-refractivity contribution in [3.8, 4) is 0 Å². The van der Waals surface area contributed by atoms with Gasteiger partial charge in [-0.25, -0.2) is 4.79 Å². The molecular weight excluding hydrogens is 284 g/mol. The van der Waals surface area contributed by atoms with E-state index in [-0.39, 0.29) is 5.97 Å². The van der Waals surface area contributed by atoms with Gasteiger partial charge < -0.3 is 4.74 Å². The standard InChI is InChI=1S/C21H16O2/c1-13-7-8-15-12-19(21(22)23-2)17-10-9-14-5-3-4-6-16(14)20(17)18(15)11-13/h3-12H,1-2H3. The number of aryl methyl sites for hydroxylation is 1. The molecule has 0 atom stereocenters. The fourth-order valence-corrected chi connectivity index (χ4v) is 3.31. The highest BCUT2D eigenvalue weighted by molar-refractivity contribution is 6.24. The Balaban J connectivity index is 2.31. The minimum Gasteiger partial charge on any atom is -0.465 e. The Bertz CT molecular complexity index is 1080. The van der Waals surface area contributed by atoms with Gasteiger partial charge in [0.1, 0.15) is 0 Å². The molecule has 0 unspecified atom stereocenters. The summed E-state index contributed by atoms with van der Waals surface area (Å²) in [5.74, 6) is -0.298. The zero-order valence-electron chi connectivity index (χ0n) is 13.1. The van der Waals surface area contributed by atoms with E-state index in [2.05, 4.69) is 43.3 Å². The number of fused-ring (bicyclic) bond motifs is 5. The topological polar surface area (TPSA) is 26.3 Å². The molecule has 23 heavy (non-hydrogen) atoms. The Morgan fingerprint density at radius 3 is 2.43 bits per heavy atom. The molecule has 0 bridgehead atoms. The van der Waals surface area contributed by atoms with Crippen molar-refractivity contribution in [1.29, 1.82) is 0 Å². The number of ether oxygens (including phenoxy) is 1. The SMILES string of the molecule is COC(=O)c1cc2ccc(C)cc2c2c1ccc1ccccc12. The van der Waals surface area contributed by atoms with Crippen LogP contribution >= 0.6 is 0 Å². The normalized spacial score (nSPS) is 11.2. The van der Waals surface area contributed by atoms with Gasteiger partial charge in [-0.05, 0) is 45.3 Å². The van der Waals surface area contributed by atoms with E-state index >= 15 is 0 Å². The van der Waals surface area contributed by atoms with Gasteiger partial charge in [-0.3, -0.25) is 0 Å². The lowest BCUT2D eigenvalue weighted by molar-refractivity contribution is 0.0603. The van der Waals surface area contributed by atoms with E-state index in [4.69, 9.17) is 4.74 Å². The Labute approximate surface area is 134 Å². The van der Waals surface area contributed by atoms with Gasteiger partial charge in [-0.15, -0.1) is 0 Å². The largest absolute Gasteiger partial charge is 0.465 e. The van der Waals surface area contributed by atoms with Gasteiger partial charge in [-0.2, -0.15) is 0 Å². The van der Waals surface area contributed by atoms with Crippen molar-refractivity contribution in [1.82, 2.24) is 0 Å². The van der Waals surface area contributed by atoms with Crippen LogP contribution in [0.4, 0.5) is 0 Å². The smallest absolute Gasteiger partial charge is 0.338 e. The third-order valence-electron chi connectivity index (χ3n) is 4.40. The first kappa shape index (κ1) is 13.8. The van der Waals surface area contributed by atoms with Crippen LogP contribution in [0.25, 0.3) is 32.3 Å². The van der Waals surface area contributed by atoms with Crippen molar-refractivity contribution in [3.05, 3.63) is 71.8 Å². The molecule has 0 aliphatic heterocycles. The third-order valence-corrected chi connectivity index (χ3v) is 4.40. The van der Waals surface area contributed by atoms with Crippen LogP contribution in [-0.4, -0.2) is 13.1 Å². The van der Waals surface area contributed by atoms with Crippen LogP contribution in [0.5, 0.6) is 0 Å². The van der Waals surface area contributed by atoms with Crippen molar-refractivity contribution in [3.63, 3.8) is 0 Å². The van der Waals surface area contributed by atoms with Gasteiger partial charge in [0.15, 0.2) is 0 Å². The van der Waals surface area contributed by atoms with Crippen LogP contribution < -0.4 is 0 Å². The molecule has 4 aromatic rings. The lowest BCUT2D eigenvalue weighted by Crippen LogP contribution is -2.02. The molecule has 0 N–H and O–H groups in total. The summed E-state index contributed by atoms with van der Waals surface area (Å²) in [4.78, 5) is 12.3. The predicted molar refractivity (Wildman–Crippen MR) is 95.0 cm³/mol. The second-order valence-electron chi connectivity index (χ2n) is 5.85. The Morgan fingerprint density at radius 2 is 1.61 bits per heavy atom. The van der Waals surface area contributed by atoms with E-state index in [9.17, 15) is 4.79 Å². The number of rotatable bonds is 1. The number of hydrogen-bond acceptors (Lipinski definition) is 2. The van der Waals surface area contributed by atoms with Crippen LogP contribution in [0.1, 0.15) is 15.9 Å². The average molecular weight is 300 g/mol. The number of carbonyl (C=O) groups excluding carboxylic acids is 1. The number of carbonyl (C=O) groups is 1. The summed E-state index contributed by atoms with van der Waals surface area (Å²) in [6.07, 6.45) is 0.